The van der Waals surface area contributed by atoms with Crippen molar-refractivity contribution in [3.63, 3.8) is 0 Å². The molecule has 8 heteroatoms. The SMILES string of the molecule is O=C(COc1ccc2ccccc2c1)Oc1coc(CSc2ncccn2)cc1=O. The second-order valence-electron chi connectivity index (χ2n) is 6.17. The van der Waals surface area contributed by atoms with Crippen LogP contribution in [0.15, 0.2) is 87.6 Å². The molecule has 0 aliphatic rings. The molecule has 2 aromatic heterocycles. The molecule has 0 unspecified atom stereocenters. The summed E-state index contributed by atoms with van der Waals surface area (Å²) in [6.07, 6.45) is 4.39. The third-order valence-corrected chi connectivity index (χ3v) is 4.94. The average molecular weight is 420 g/mol. The van der Waals surface area contributed by atoms with Gasteiger partial charge in [0.1, 0.15) is 17.8 Å². The van der Waals surface area contributed by atoms with Crippen molar-refractivity contribution in [3.05, 3.63) is 89.2 Å². The summed E-state index contributed by atoms with van der Waals surface area (Å²) in [6, 6.07) is 16.3. The van der Waals surface area contributed by atoms with Crippen LogP contribution in [0.5, 0.6) is 11.5 Å². The quantitative estimate of drug-likeness (QED) is 0.253. The number of thioether (sulfide) groups is 1. The molecule has 4 rings (SSSR count). The predicted molar refractivity (Wildman–Crippen MR) is 112 cm³/mol. The van der Waals surface area contributed by atoms with Crippen LogP contribution in [0.2, 0.25) is 0 Å². The lowest BCUT2D eigenvalue weighted by atomic mass is 10.1. The maximum absolute atomic E-state index is 12.2. The Morgan fingerprint density at radius 2 is 1.80 bits per heavy atom. The molecule has 2 heterocycles. The number of hydrogen-bond donors (Lipinski definition) is 0. The number of aromatic nitrogens is 2. The molecular weight excluding hydrogens is 404 g/mol. The van der Waals surface area contributed by atoms with Gasteiger partial charge in [-0.25, -0.2) is 14.8 Å². The first-order chi connectivity index (χ1) is 14.7. The van der Waals surface area contributed by atoms with Crippen LogP contribution >= 0.6 is 11.8 Å². The van der Waals surface area contributed by atoms with Crippen molar-refractivity contribution in [2.24, 2.45) is 0 Å². The lowest BCUT2D eigenvalue weighted by Gasteiger charge is -2.07. The van der Waals surface area contributed by atoms with E-state index in [4.69, 9.17) is 13.9 Å². The molecule has 0 fully saturated rings. The molecule has 0 spiro atoms. The van der Waals surface area contributed by atoms with Gasteiger partial charge in [-0.05, 0) is 29.0 Å². The minimum Gasteiger partial charge on any atom is -0.482 e. The van der Waals surface area contributed by atoms with E-state index in [0.29, 0.717) is 22.4 Å². The summed E-state index contributed by atoms with van der Waals surface area (Å²) in [6.45, 7) is -0.333. The number of benzene rings is 2. The van der Waals surface area contributed by atoms with Crippen molar-refractivity contribution in [3.8, 4) is 11.5 Å². The zero-order chi connectivity index (χ0) is 20.8. The molecule has 0 aliphatic carbocycles. The number of fused-ring (bicyclic) bond motifs is 1. The van der Waals surface area contributed by atoms with Crippen LogP contribution in [-0.2, 0) is 10.5 Å². The highest BCUT2D eigenvalue weighted by atomic mass is 32.2. The predicted octanol–water partition coefficient (Wildman–Crippen LogP) is 3.86. The van der Waals surface area contributed by atoms with Gasteiger partial charge in [0.25, 0.3) is 0 Å². The number of hydrogen-bond acceptors (Lipinski definition) is 8. The maximum Gasteiger partial charge on any atom is 0.349 e. The van der Waals surface area contributed by atoms with E-state index in [1.165, 1.54) is 17.8 Å². The van der Waals surface area contributed by atoms with Crippen LogP contribution in [0.4, 0.5) is 0 Å². The lowest BCUT2D eigenvalue weighted by molar-refractivity contribution is -0.136. The molecule has 0 aliphatic heterocycles. The molecule has 0 N–H and O–H groups in total. The Labute approximate surface area is 175 Å². The van der Waals surface area contributed by atoms with Crippen molar-refractivity contribution in [1.82, 2.24) is 9.97 Å². The molecule has 30 heavy (non-hydrogen) atoms. The summed E-state index contributed by atoms with van der Waals surface area (Å²) in [7, 11) is 0. The van der Waals surface area contributed by atoms with E-state index in [2.05, 4.69) is 9.97 Å². The number of nitrogens with zero attached hydrogens (tertiary/aromatic N) is 2. The van der Waals surface area contributed by atoms with Crippen molar-refractivity contribution in [1.29, 1.82) is 0 Å². The number of ether oxygens (including phenoxy) is 2. The summed E-state index contributed by atoms with van der Waals surface area (Å²) in [5, 5.41) is 2.64. The summed E-state index contributed by atoms with van der Waals surface area (Å²) >= 11 is 1.33. The second-order valence-corrected chi connectivity index (χ2v) is 7.11. The Morgan fingerprint density at radius 1 is 1.00 bits per heavy atom. The van der Waals surface area contributed by atoms with Crippen molar-refractivity contribution in [2.75, 3.05) is 6.61 Å². The third-order valence-electron chi connectivity index (χ3n) is 4.04. The van der Waals surface area contributed by atoms with E-state index in [9.17, 15) is 9.59 Å². The highest BCUT2D eigenvalue weighted by molar-refractivity contribution is 7.98. The van der Waals surface area contributed by atoms with Gasteiger partial charge in [0.15, 0.2) is 11.8 Å². The minimum atomic E-state index is -0.699. The molecule has 0 amide bonds. The Hall–Kier alpha value is -3.65. The van der Waals surface area contributed by atoms with Crippen LogP contribution in [0.25, 0.3) is 10.8 Å². The van der Waals surface area contributed by atoms with E-state index in [1.807, 2.05) is 36.4 Å². The third kappa shape index (κ3) is 5.03. The van der Waals surface area contributed by atoms with Gasteiger partial charge >= 0.3 is 5.97 Å². The van der Waals surface area contributed by atoms with Crippen molar-refractivity contribution >= 4 is 28.5 Å². The molecule has 2 aromatic carbocycles. The van der Waals surface area contributed by atoms with E-state index in [0.717, 1.165) is 17.0 Å². The van der Waals surface area contributed by atoms with Gasteiger partial charge in [0.2, 0.25) is 11.2 Å². The van der Waals surface area contributed by atoms with Gasteiger partial charge in [0, 0.05) is 18.5 Å². The van der Waals surface area contributed by atoms with E-state index in [1.54, 1.807) is 24.5 Å². The summed E-state index contributed by atoms with van der Waals surface area (Å²) in [4.78, 5) is 32.4. The largest absolute Gasteiger partial charge is 0.482 e. The van der Waals surface area contributed by atoms with Gasteiger partial charge in [0.05, 0.1) is 5.75 Å². The van der Waals surface area contributed by atoms with Crippen LogP contribution < -0.4 is 14.9 Å². The molecule has 150 valence electrons. The van der Waals surface area contributed by atoms with Crippen LogP contribution in [0, 0.1) is 0 Å². The fraction of sp³-hybridized carbons (Fsp3) is 0.0909. The number of esters is 1. The summed E-state index contributed by atoms with van der Waals surface area (Å²) in [5.41, 5.74) is -0.454. The minimum absolute atomic E-state index is 0.188. The zero-order valence-corrected chi connectivity index (χ0v) is 16.5. The molecular formula is C22H16N2O5S. The molecule has 4 aromatic rings. The van der Waals surface area contributed by atoms with E-state index >= 15 is 0 Å². The van der Waals surface area contributed by atoms with Gasteiger partial charge in [-0.1, -0.05) is 42.1 Å². The standard InChI is InChI=1S/C22H16N2O5S/c25-19-11-18(14-30-22-23-8-3-9-24-22)27-12-20(19)29-21(26)13-28-17-7-6-15-4-1-2-5-16(15)10-17/h1-12H,13-14H2. The van der Waals surface area contributed by atoms with E-state index < -0.39 is 11.4 Å². The van der Waals surface area contributed by atoms with Gasteiger partial charge in [-0.3, -0.25) is 4.79 Å². The normalized spacial score (nSPS) is 10.7. The number of rotatable bonds is 7. The van der Waals surface area contributed by atoms with Gasteiger partial charge < -0.3 is 13.9 Å². The average Bonchev–Trinajstić information content (AvgIpc) is 2.78. The first kappa shape index (κ1) is 19.7. The lowest BCUT2D eigenvalue weighted by Crippen LogP contribution is -2.20. The first-order valence-electron chi connectivity index (χ1n) is 9.01. The van der Waals surface area contributed by atoms with Gasteiger partial charge in [-0.2, -0.15) is 0 Å². The van der Waals surface area contributed by atoms with Crippen molar-refractivity contribution in [2.45, 2.75) is 10.9 Å². The van der Waals surface area contributed by atoms with E-state index in [-0.39, 0.29) is 12.4 Å². The number of carbonyl (C=O) groups excluding carboxylic acids is 1. The Bertz CT molecular complexity index is 1230. The van der Waals surface area contributed by atoms with Crippen LogP contribution in [0.1, 0.15) is 5.76 Å². The Balaban J connectivity index is 1.32. The van der Waals surface area contributed by atoms with Crippen LogP contribution in [0.3, 0.4) is 0 Å². The Kier molecular flexibility index (Phi) is 6.05. The molecule has 0 saturated carbocycles. The molecule has 0 radical (unpaired) electrons. The fourth-order valence-electron chi connectivity index (χ4n) is 2.64. The topological polar surface area (TPSA) is 91.5 Å². The first-order valence-corrected chi connectivity index (χ1v) is 10.00. The molecule has 0 bridgehead atoms. The van der Waals surface area contributed by atoms with Gasteiger partial charge in [-0.15, -0.1) is 0 Å². The van der Waals surface area contributed by atoms with Crippen LogP contribution in [-0.4, -0.2) is 22.5 Å². The Morgan fingerprint density at radius 3 is 2.60 bits per heavy atom. The molecule has 7 nitrogen and oxygen atoms in total. The smallest absolute Gasteiger partial charge is 0.349 e. The monoisotopic (exact) mass is 420 g/mol. The fourth-order valence-corrected chi connectivity index (χ4v) is 3.33. The molecule has 0 atom stereocenters. The molecule has 0 saturated heterocycles. The second kappa shape index (κ2) is 9.23. The van der Waals surface area contributed by atoms with Crippen molar-refractivity contribution < 1.29 is 18.7 Å². The number of carbonyl (C=O) groups is 1. The zero-order valence-electron chi connectivity index (χ0n) is 15.7. The highest BCUT2D eigenvalue weighted by Gasteiger charge is 2.12. The summed E-state index contributed by atoms with van der Waals surface area (Å²) in [5.74, 6) is 0.443. The maximum atomic E-state index is 12.2. The summed E-state index contributed by atoms with van der Waals surface area (Å²) < 4.78 is 15.9. The highest BCUT2D eigenvalue weighted by Crippen LogP contribution is 2.21.